The van der Waals surface area contributed by atoms with Gasteiger partial charge in [-0.3, -0.25) is 10.1 Å². The van der Waals surface area contributed by atoms with Gasteiger partial charge in [-0.25, -0.2) is 4.98 Å². The van der Waals surface area contributed by atoms with E-state index in [9.17, 15) is 15.2 Å². The van der Waals surface area contributed by atoms with E-state index in [2.05, 4.69) is 9.97 Å². The lowest BCUT2D eigenvalue weighted by Crippen LogP contribution is -2.26. The molecule has 2 rings (SSSR count). The quantitative estimate of drug-likeness (QED) is 0.619. The number of rotatable bonds is 6. The highest BCUT2D eigenvalue weighted by atomic mass is 16.6. The summed E-state index contributed by atoms with van der Waals surface area (Å²) in [6.45, 7) is 3.01. The van der Waals surface area contributed by atoms with Crippen molar-refractivity contribution in [2.24, 2.45) is 0 Å². The molecule has 116 valence electrons. The maximum absolute atomic E-state index is 10.8. The first-order valence-electron chi connectivity index (χ1n) is 6.81. The molecule has 8 heteroatoms. The van der Waals surface area contributed by atoms with Crippen LogP contribution in [0.5, 0.6) is 5.75 Å². The van der Waals surface area contributed by atoms with Crippen molar-refractivity contribution in [3.05, 3.63) is 46.1 Å². The van der Waals surface area contributed by atoms with Crippen LogP contribution in [0.4, 0.5) is 17.5 Å². The van der Waals surface area contributed by atoms with Crippen LogP contribution in [0.15, 0.2) is 30.5 Å². The molecule has 1 aromatic carbocycles. The van der Waals surface area contributed by atoms with Gasteiger partial charge < -0.3 is 15.7 Å². The Balaban J connectivity index is 2.30. The Morgan fingerprint density at radius 3 is 2.73 bits per heavy atom. The number of hydrogen-bond acceptors (Lipinski definition) is 7. The van der Waals surface area contributed by atoms with E-state index >= 15 is 0 Å². The van der Waals surface area contributed by atoms with Crippen molar-refractivity contribution >= 4 is 17.5 Å². The van der Waals surface area contributed by atoms with Gasteiger partial charge in [-0.1, -0.05) is 25.1 Å². The standard InChI is InChI=1S/C14H17N5O3/c1-2-7-18(9-10-5-3-4-6-12(10)20)14-16-8-11(19(21)22)13(15)17-14/h3-6,8,20H,2,7,9H2,1H3,(H2,15,16,17). The molecule has 0 amide bonds. The summed E-state index contributed by atoms with van der Waals surface area (Å²) in [5, 5.41) is 20.6. The Morgan fingerprint density at radius 2 is 2.14 bits per heavy atom. The van der Waals surface area contributed by atoms with Gasteiger partial charge >= 0.3 is 5.69 Å². The van der Waals surface area contributed by atoms with E-state index in [1.54, 1.807) is 18.2 Å². The fourth-order valence-corrected chi connectivity index (χ4v) is 2.04. The lowest BCUT2D eigenvalue weighted by Gasteiger charge is -2.22. The summed E-state index contributed by atoms with van der Waals surface area (Å²) in [6, 6.07) is 6.96. The van der Waals surface area contributed by atoms with Crippen LogP contribution in [0.1, 0.15) is 18.9 Å². The molecular weight excluding hydrogens is 286 g/mol. The van der Waals surface area contributed by atoms with Crippen molar-refractivity contribution in [2.75, 3.05) is 17.2 Å². The van der Waals surface area contributed by atoms with Crippen molar-refractivity contribution in [1.82, 2.24) is 9.97 Å². The molecule has 0 aliphatic rings. The van der Waals surface area contributed by atoms with Gasteiger partial charge in [0.1, 0.15) is 11.9 Å². The minimum atomic E-state index is -0.619. The zero-order valence-corrected chi connectivity index (χ0v) is 12.1. The van der Waals surface area contributed by atoms with Crippen molar-refractivity contribution in [1.29, 1.82) is 0 Å². The molecular formula is C14H17N5O3. The van der Waals surface area contributed by atoms with Crippen molar-refractivity contribution in [3.8, 4) is 5.75 Å². The van der Waals surface area contributed by atoms with Gasteiger partial charge in [0.25, 0.3) is 0 Å². The second kappa shape index (κ2) is 6.70. The van der Waals surface area contributed by atoms with Crippen LogP contribution in [-0.4, -0.2) is 26.5 Å². The van der Waals surface area contributed by atoms with Gasteiger partial charge in [0.05, 0.1) is 4.92 Å². The molecule has 8 nitrogen and oxygen atoms in total. The smallest absolute Gasteiger partial charge is 0.329 e. The Morgan fingerprint density at radius 1 is 1.41 bits per heavy atom. The number of aromatic hydroxyl groups is 1. The number of phenols is 1. The van der Waals surface area contributed by atoms with E-state index in [1.165, 1.54) is 0 Å². The fourth-order valence-electron chi connectivity index (χ4n) is 2.04. The zero-order valence-electron chi connectivity index (χ0n) is 12.1. The minimum absolute atomic E-state index is 0.173. The van der Waals surface area contributed by atoms with Crippen LogP contribution in [0.25, 0.3) is 0 Å². The average Bonchev–Trinajstić information content (AvgIpc) is 2.48. The number of phenolic OH excluding ortho intramolecular Hbond substituents is 1. The number of hydrogen-bond donors (Lipinski definition) is 2. The topological polar surface area (TPSA) is 118 Å². The molecule has 0 saturated heterocycles. The first kappa shape index (κ1) is 15.5. The fraction of sp³-hybridized carbons (Fsp3) is 0.286. The summed E-state index contributed by atoms with van der Waals surface area (Å²) < 4.78 is 0. The van der Waals surface area contributed by atoms with Gasteiger partial charge in [-0.2, -0.15) is 4.98 Å². The van der Waals surface area contributed by atoms with Crippen molar-refractivity contribution < 1.29 is 10.0 Å². The highest BCUT2D eigenvalue weighted by molar-refractivity contribution is 5.54. The first-order chi connectivity index (χ1) is 10.5. The maximum atomic E-state index is 10.8. The molecule has 0 spiro atoms. The first-order valence-corrected chi connectivity index (χ1v) is 6.81. The predicted molar refractivity (Wildman–Crippen MR) is 82.5 cm³/mol. The molecule has 0 unspecified atom stereocenters. The number of para-hydroxylation sites is 1. The lowest BCUT2D eigenvalue weighted by atomic mass is 10.2. The number of nitro groups is 1. The second-order valence-electron chi connectivity index (χ2n) is 4.75. The van der Waals surface area contributed by atoms with Crippen LogP contribution in [0, 0.1) is 10.1 Å². The normalized spacial score (nSPS) is 10.4. The van der Waals surface area contributed by atoms with Gasteiger partial charge in [-0.15, -0.1) is 0 Å². The summed E-state index contributed by atoms with van der Waals surface area (Å²) >= 11 is 0. The molecule has 0 aliphatic carbocycles. The largest absolute Gasteiger partial charge is 0.508 e. The van der Waals surface area contributed by atoms with E-state index in [4.69, 9.17) is 5.73 Å². The number of nitrogens with zero attached hydrogens (tertiary/aromatic N) is 4. The number of benzene rings is 1. The maximum Gasteiger partial charge on any atom is 0.329 e. The molecule has 0 fully saturated rings. The number of aromatic nitrogens is 2. The van der Waals surface area contributed by atoms with Crippen LogP contribution >= 0.6 is 0 Å². The predicted octanol–water partition coefficient (Wildman–Crippen LogP) is 2.09. The van der Waals surface area contributed by atoms with Crippen molar-refractivity contribution in [3.63, 3.8) is 0 Å². The SMILES string of the molecule is CCCN(Cc1ccccc1O)c1ncc([N+](=O)[O-])c(N)n1. The zero-order chi connectivity index (χ0) is 16.1. The highest BCUT2D eigenvalue weighted by Gasteiger charge is 2.18. The summed E-state index contributed by atoms with van der Waals surface area (Å²) in [4.78, 5) is 20.0. The summed E-state index contributed by atoms with van der Waals surface area (Å²) in [5.41, 5.74) is 6.01. The van der Waals surface area contributed by atoms with Crippen LogP contribution in [0.2, 0.25) is 0 Å². The molecule has 0 aliphatic heterocycles. The van der Waals surface area contributed by atoms with Gasteiger partial charge in [-0.05, 0) is 12.5 Å². The second-order valence-corrected chi connectivity index (χ2v) is 4.75. The Kier molecular flexibility index (Phi) is 4.72. The Labute approximate surface area is 127 Å². The van der Waals surface area contributed by atoms with E-state index in [0.717, 1.165) is 18.2 Å². The molecule has 0 radical (unpaired) electrons. The average molecular weight is 303 g/mol. The molecule has 1 aromatic heterocycles. The van der Waals surface area contributed by atoms with Crippen molar-refractivity contribution in [2.45, 2.75) is 19.9 Å². The van der Waals surface area contributed by atoms with Crippen LogP contribution < -0.4 is 10.6 Å². The van der Waals surface area contributed by atoms with E-state index in [1.807, 2.05) is 17.9 Å². The number of nitrogens with two attached hydrogens (primary N) is 1. The van der Waals surface area contributed by atoms with E-state index in [-0.39, 0.29) is 17.3 Å². The Hall–Kier alpha value is -2.90. The third-order valence-electron chi connectivity index (χ3n) is 3.11. The summed E-state index contributed by atoms with van der Waals surface area (Å²) in [5.74, 6) is 0.306. The van der Waals surface area contributed by atoms with Crippen LogP contribution in [0.3, 0.4) is 0 Å². The number of nitrogen functional groups attached to an aromatic ring is 1. The van der Waals surface area contributed by atoms with Gasteiger partial charge in [0.2, 0.25) is 11.8 Å². The summed E-state index contributed by atoms with van der Waals surface area (Å²) in [7, 11) is 0. The monoisotopic (exact) mass is 303 g/mol. The molecule has 2 aromatic rings. The third-order valence-corrected chi connectivity index (χ3v) is 3.11. The van der Waals surface area contributed by atoms with Gasteiger partial charge in [0.15, 0.2) is 0 Å². The van der Waals surface area contributed by atoms with Crippen LogP contribution in [-0.2, 0) is 6.54 Å². The molecule has 0 bridgehead atoms. The van der Waals surface area contributed by atoms with Gasteiger partial charge in [0, 0.05) is 18.7 Å². The molecule has 0 saturated carbocycles. The number of anilines is 2. The molecule has 22 heavy (non-hydrogen) atoms. The third kappa shape index (κ3) is 3.40. The minimum Gasteiger partial charge on any atom is -0.508 e. The van der Waals surface area contributed by atoms with E-state index < -0.39 is 4.92 Å². The molecule has 1 heterocycles. The molecule has 0 atom stereocenters. The highest BCUT2D eigenvalue weighted by Crippen LogP contribution is 2.23. The summed E-state index contributed by atoms with van der Waals surface area (Å²) in [6.07, 6.45) is 1.93. The molecule has 3 N–H and O–H groups in total. The lowest BCUT2D eigenvalue weighted by molar-refractivity contribution is -0.384. The Bertz CT molecular complexity index is 677. The van der Waals surface area contributed by atoms with E-state index in [0.29, 0.717) is 19.0 Å².